The molecule has 122 valence electrons. The molecule has 1 aromatic heterocycles. The van der Waals surface area contributed by atoms with Crippen molar-refractivity contribution in [3.63, 3.8) is 0 Å². The molecule has 0 fully saturated rings. The zero-order valence-electron chi connectivity index (χ0n) is 13.6. The lowest BCUT2D eigenvalue weighted by Crippen LogP contribution is -2.16. The molecule has 0 spiro atoms. The van der Waals surface area contributed by atoms with Crippen LogP contribution >= 0.6 is 0 Å². The van der Waals surface area contributed by atoms with Gasteiger partial charge in [0.1, 0.15) is 5.82 Å². The monoisotopic (exact) mass is 323 g/mol. The van der Waals surface area contributed by atoms with Gasteiger partial charge in [0.25, 0.3) is 0 Å². The number of benzene rings is 2. The summed E-state index contributed by atoms with van der Waals surface area (Å²) in [5.41, 5.74) is 3.68. The van der Waals surface area contributed by atoms with Crippen LogP contribution in [-0.4, -0.2) is 15.7 Å². The van der Waals surface area contributed by atoms with Gasteiger partial charge >= 0.3 is 0 Å². The van der Waals surface area contributed by atoms with Crippen LogP contribution in [0.2, 0.25) is 0 Å². The number of halogens is 1. The van der Waals surface area contributed by atoms with Crippen molar-refractivity contribution in [2.45, 2.75) is 20.3 Å². The smallest absolute Gasteiger partial charge is 0.229 e. The van der Waals surface area contributed by atoms with Crippen molar-refractivity contribution in [1.82, 2.24) is 9.78 Å². The summed E-state index contributed by atoms with van der Waals surface area (Å²) in [7, 11) is 0. The molecule has 3 aromatic rings. The average Bonchev–Trinajstić information content (AvgIpc) is 2.86. The Kier molecular flexibility index (Phi) is 4.42. The number of hydrogen-bond acceptors (Lipinski definition) is 2. The van der Waals surface area contributed by atoms with E-state index in [0.717, 1.165) is 22.6 Å². The highest BCUT2D eigenvalue weighted by atomic mass is 19.1. The maximum Gasteiger partial charge on any atom is 0.229 e. The van der Waals surface area contributed by atoms with Gasteiger partial charge in [-0.3, -0.25) is 4.79 Å². The fourth-order valence-electron chi connectivity index (χ4n) is 2.67. The molecular formula is C19H18FN3O. The highest BCUT2D eigenvalue weighted by molar-refractivity contribution is 5.92. The zero-order valence-corrected chi connectivity index (χ0v) is 13.6. The Balaban J connectivity index is 1.82. The maximum absolute atomic E-state index is 13.6. The molecule has 2 aromatic carbocycles. The van der Waals surface area contributed by atoms with Crippen molar-refractivity contribution in [1.29, 1.82) is 0 Å². The Bertz CT molecular complexity index is 872. The van der Waals surface area contributed by atoms with E-state index < -0.39 is 5.82 Å². The minimum Gasteiger partial charge on any atom is -0.323 e. The van der Waals surface area contributed by atoms with Crippen LogP contribution < -0.4 is 5.32 Å². The number of para-hydroxylation sites is 2. The Morgan fingerprint density at radius 2 is 1.75 bits per heavy atom. The number of carbonyl (C=O) groups is 1. The van der Waals surface area contributed by atoms with Crippen LogP contribution in [0.5, 0.6) is 0 Å². The fourth-order valence-corrected chi connectivity index (χ4v) is 2.67. The molecule has 1 N–H and O–H groups in total. The van der Waals surface area contributed by atoms with Crippen molar-refractivity contribution < 1.29 is 9.18 Å². The first-order valence-electron chi connectivity index (χ1n) is 7.71. The van der Waals surface area contributed by atoms with E-state index >= 15 is 0 Å². The molecule has 0 saturated heterocycles. The fraction of sp³-hybridized carbons (Fsp3) is 0.158. The van der Waals surface area contributed by atoms with Gasteiger partial charge in [-0.15, -0.1) is 0 Å². The van der Waals surface area contributed by atoms with Gasteiger partial charge in [0, 0.05) is 11.3 Å². The number of amides is 1. The van der Waals surface area contributed by atoms with Gasteiger partial charge in [0.2, 0.25) is 5.91 Å². The lowest BCUT2D eigenvalue weighted by molar-refractivity contribution is -0.115. The van der Waals surface area contributed by atoms with Gasteiger partial charge in [-0.25, -0.2) is 9.07 Å². The predicted molar refractivity (Wildman–Crippen MR) is 91.8 cm³/mol. The van der Waals surface area contributed by atoms with E-state index in [0.29, 0.717) is 0 Å². The van der Waals surface area contributed by atoms with E-state index in [1.807, 2.05) is 48.9 Å². The highest BCUT2D eigenvalue weighted by Gasteiger charge is 2.16. The summed E-state index contributed by atoms with van der Waals surface area (Å²) in [5, 5.41) is 7.13. The van der Waals surface area contributed by atoms with Crippen LogP contribution in [0.15, 0.2) is 54.6 Å². The average molecular weight is 323 g/mol. The Morgan fingerprint density at radius 1 is 1.08 bits per heavy atom. The molecule has 3 rings (SSSR count). The third-order valence-corrected chi connectivity index (χ3v) is 3.93. The van der Waals surface area contributed by atoms with Crippen LogP contribution in [0, 0.1) is 19.7 Å². The van der Waals surface area contributed by atoms with E-state index in [-0.39, 0.29) is 18.0 Å². The van der Waals surface area contributed by atoms with E-state index in [4.69, 9.17) is 0 Å². The minimum absolute atomic E-state index is 0.152. The van der Waals surface area contributed by atoms with E-state index in [1.54, 1.807) is 18.2 Å². The molecule has 4 nitrogen and oxygen atoms in total. The topological polar surface area (TPSA) is 46.9 Å². The van der Waals surface area contributed by atoms with Gasteiger partial charge in [0.15, 0.2) is 0 Å². The van der Waals surface area contributed by atoms with Gasteiger partial charge in [-0.1, -0.05) is 30.3 Å². The number of rotatable bonds is 4. The second-order valence-corrected chi connectivity index (χ2v) is 5.60. The summed E-state index contributed by atoms with van der Waals surface area (Å²) >= 11 is 0. The molecule has 0 radical (unpaired) electrons. The molecule has 0 aliphatic rings. The highest BCUT2D eigenvalue weighted by Crippen LogP contribution is 2.19. The zero-order chi connectivity index (χ0) is 17.1. The molecule has 24 heavy (non-hydrogen) atoms. The molecular weight excluding hydrogens is 305 g/mol. The third-order valence-electron chi connectivity index (χ3n) is 3.93. The molecule has 0 atom stereocenters. The first-order valence-corrected chi connectivity index (χ1v) is 7.71. The predicted octanol–water partition coefficient (Wildman–Crippen LogP) is 3.81. The number of nitrogens with zero attached hydrogens (tertiary/aromatic N) is 2. The number of aromatic nitrogens is 2. The second kappa shape index (κ2) is 6.66. The summed E-state index contributed by atoms with van der Waals surface area (Å²) in [4.78, 5) is 12.3. The lowest BCUT2D eigenvalue weighted by atomic mass is 10.1. The van der Waals surface area contributed by atoms with Crippen molar-refractivity contribution in [3.8, 4) is 5.69 Å². The number of aryl methyl sites for hydroxylation is 1. The Labute approximate surface area is 139 Å². The number of anilines is 1. The summed E-state index contributed by atoms with van der Waals surface area (Å²) in [5.74, 6) is -0.710. The maximum atomic E-state index is 13.6. The molecule has 0 aliphatic carbocycles. The number of hydrogen-bond donors (Lipinski definition) is 1. The van der Waals surface area contributed by atoms with E-state index in [2.05, 4.69) is 10.4 Å². The molecule has 1 heterocycles. The summed E-state index contributed by atoms with van der Waals surface area (Å²) < 4.78 is 15.5. The summed E-state index contributed by atoms with van der Waals surface area (Å²) in [6, 6.07) is 15.9. The quantitative estimate of drug-likeness (QED) is 0.793. The first kappa shape index (κ1) is 15.9. The van der Waals surface area contributed by atoms with Crippen LogP contribution in [0.3, 0.4) is 0 Å². The van der Waals surface area contributed by atoms with Gasteiger partial charge < -0.3 is 5.32 Å². The Hall–Kier alpha value is -2.95. The molecule has 0 aliphatic heterocycles. The molecule has 0 bridgehead atoms. The summed E-state index contributed by atoms with van der Waals surface area (Å²) in [6.07, 6.45) is 0.152. The standard InChI is InChI=1S/C19H18FN3O/c1-13-16(12-19(24)21-18-11-7-6-10-17(18)20)14(2)23(22-13)15-8-4-3-5-9-15/h3-11H,12H2,1-2H3,(H,21,24). The third kappa shape index (κ3) is 3.20. The normalized spacial score (nSPS) is 10.6. The van der Waals surface area contributed by atoms with Crippen LogP contribution in [0.1, 0.15) is 17.0 Å². The van der Waals surface area contributed by atoms with Crippen molar-refractivity contribution in [2.24, 2.45) is 0 Å². The SMILES string of the molecule is Cc1nn(-c2ccccc2)c(C)c1CC(=O)Nc1ccccc1F. The van der Waals surface area contributed by atoms with Crippen LogP contribution in [0.4, 0.5) is 10.1 Å². The van der Waals surface area contributed by atoms with E-state index in [1.165, 1.54) is 6.07 Å². The van der Waals surface area contributed by atoms with Gasteiger partial charge in [-0.05, 0) is 38.1 Å². The minimum atomic E-state index is -0.445. The lowest BCUT2D eigenvalue weighted by Gasteiger charge is -2.07. The molecule has 1 amide bonds. The van der Waals surface area contributed by atoms with E-state index in [9.17, 15) is 9.18 Å². The number of carbonyl (C=O) groups excluding carboxylic acids is 1. The van der Waals surface area contributed by atoms with Crippen molar-refractivity contribution in [3.05, 3.63) is 77.4 Å². The van der Waals surface area contributed by atoms with Gasteiger partial charge in [0.05, 0.1) is 23.5 Å². The Morgan fingerprint density at radius 3 is 2.46 bits per heavy atom. The molecule has 0 saturated carbocycles. The molecule has 5 heteroatoms. The first-order chi connectivity index (χ1) is 11.6. The summed E-state index contributed by atoms with van der Waals surface area (Å²) in [6.45, 7) is 3.80. The van der Waals surface area contributed by atoms with Gasteiger partial charge in [-0.2, -0.15) is 5.10 Å². The van der Waals surface area contributed by atoms with Crippen LogP contribution in [0.25, 0.3) is 5.69 Å². The number of nitrogens with one attached hydrogen (secondary N) is 1. The largest absolute Gasteiger partial charge is 0.323 e. The van der Waals surface area contributed by atoms with Crippen molar-refractivity contribution in [2.75, 3.05) is 5.32 Å². The van der Waals surface area contributed by atoms with Crippen LogP contribution in [-0.2, 0) is 11.2 Å². The molecule has 0 unspecified atom stereocenters. The second-order valence-electron chi connectivity index (χ2n) is 5.60. The van der Waals surface area contributed by atoms with Crippen molar-refractivity contribution >= 4 is 11.6 Å².